The second kappa shape index (κ2) is 5.29. The predicted octanol–water partition coefficient (Wildman–Crippen LogP) is 3.17. The third-order valence-electron chi connectivity index (χ3n) is 2.11. The summed E-state index contributed by atoms with van der Waals surface area (Å²) in [7, 11) is 1.46. The fraction of sp³-hybridized carbons (Fsp3) is 0.0909. The molecule has 94 valence electrons. The molecule has 0 aliphatic carbocycles. The lowest BCUT2D eigenvalue weighted by Crippen LogP contribution is -2.00. The van der Waals surface area contributed by atoms with Crippen LogP contribution in [0.1, 0.15) is 0 Å². The van der Waals surface area contributed by atoms with Crippen LogP contribution in [0.2, 0.25) is 10.0 Å². The molecular weight excluding hydrogens is 277 g/mol. The minimum Gasteiger partial charge on any atom is -0.479 e. The van der Waals surface area contributed by atoms with Crippen molar-refractivity contribution in [1.82, 2.24) is 9.97 Å². The number of aromatic nitrogens is 2. The zero-order valence-electron chi connectivity index (χ0n) is 9.35. The van der Waals surface area contributed by atoms with Crippen LogP contribution in [-0.2, 0) is 0 Å². The molecule has 0 unspecified atom stereocenters. The molecule has 5 nitrogen and oxygen atoms in total. The zero-order valence-corrected chi connectivity index (χ0v) is 10.9. The number of hydrogen-bond donors (Lipinski definition) is 1. The molecule has 18 heavy (non-hydrogen) atoms. The van der Waals surface area contributed by atoms with Crippen LogP contribution < -0.4 is 15.2 Å². The maximum Gasteiger partial charge on any atom is 0.249 e. The number of rotatable bonds is 3. The number of benzene rings is 1. The van der Waals surface area contributed by atoms with E-state index >= 15 is 0 Å². The monoisotopic (exact) mass is 285 g/mol. The molecule has 0 aliphatic rings. The number of halogens is 2. The summed E-state index contributed by atoms with van der Waals surface area (Å²) >= 11 is 11.7. The Morgan fingerprint density at radius 3 is 2.50 bits per heavy atom. The van der Waals surface area contributed by atoms with Crippen molar-refractivity contribution in [2.24, 2.45) is 0 Å². The molecule has 0 spiro atoms. The first-order valence-corrected chi connectivity index (χ1v) is 5.64. The summed E-state index contributed by atoms with van der Waals surface area (Å²) in [5.41, 5.74) is 5.99. The van der Waals surface area contributed by atoms with E-state index in [1.54, 1.807) is 18.2 Å². The van der Waals surface area contributed by atoms with Gasteiger partial charge in [0.2, 0.25) is 11.8 Å². The number of nitrogens with two attached hydrogens (primary N) is 1. The SMILES string of the molecule is COc1ncnc(Oc2ccc(Cl)c(Cl)c2)c1N. The molecule has 1 aromatic heterocycles. The minimum atomic E-state index is 0.195. The third kappa shape index (κ3) is 2.57. The number of ether oxygens (including phenoxy) is 2. The van der Waals surface area contributed by atoms with E-state index in [1.165, 1.54) is 13.4 Å². The Bertz CT molecular complexity index is 578. The topological polar surface area (TPSA) is 70.3 Å². The average molecular weight is 286 g/mol. The number of nitrogens with zero attached hydrogens (tertiary/aromatic N) is 2. The first-order valence-electron chi connectivity index (χ1n) is 4.89. The molecule has 0 saturated carbocycles. The standard InChI is InChI=1S/C11H9Cl2N3O2/c1-17-10-9(14)11(16-5-15-10)18-6-2-3-7(12)8(13)4-6/h2-5H,14H2,1H3. The molecule has 0 amide bonds. The summed E-state index contributed by atoms with van der Waals surface area (Å²) < 4.78 is 10.5. The van der Waals surface area contributed by atoms with E-state index in [2.05, 4.69) is 9.97 Å². The maximum atomic E-state index is 5.88. The maximum absolute atomic E-state index is 5.88. The van der Waals surface area contributed by atoms with Crippen molar-refractivity contribution in [3.63, 3.8) is 0 Å². The largest absolute Gasteiger partial charge is 0.479 e. The lowest BCUT2D eigenvalue weighted by atomic mass is 10.3. The first-order chi connectivity index (χ1) is 8.61. The predicted molar refractivity (Wildman–Crippen MR) is 69.5 cm³/mol. The van der Waals surface area contributed by atoms with Crippen LogP contribution in [0.3, 0.4) is 0 Å². The van der Waals surface area contributed by atoms with Gasteiger partial charge in [0, 0.05) is 6.07 Å². The second-order valence-electron chi connectivity index (χ2n) is 3.28. The molecular formula is C11H9Cl2N3O2. The highest BCUT2D eigenvalue weighted by molar-refractivity contribution is 6.42. The van der Waals surface area contributed by atoms with Gasteiger partial charge in [-0.25, -0.2) is 0 Å². The quantitative estimate of drug-likeness (QED) is 0.938. The molecule has 2 aromatic rings. The molecule has 7 heteroatoms. The van der Waals surface area contributed by atoms with Crippen molar-refractivity contribution < 1.29 is 9.47 Å². The smallest absolute Gasteiger partial charge is 0.249 e. The number of hydrogen-bond acceptors (Lipinski definition) is 5. The Labute approximate surface area is 113 Å². The van der Waals surface area contributed by atoms with Crippen LogP contribution >= 0.6 is 23.2 Å². The highest BCUT2D eigenvalue weighted by Crippen LogP contribution is 2.33. The van der Waals surface area contributed by atoms with Crippen molar-refractivity contribution in [1.29, 1.82) is 0 Å². The minimum absolute atomic E-state index is 0.195. The summed E-state index contributed by atoms with van der Waals surface area (Å²) in [5.74, 6) is 0.914. The number of nitrogen functional groups attached to an aromatic ring is 1. The second-order valence-corrected chi connectivity index (χ2v) is 4.09. The fourth-order valence-corrected chi connectivity index (χ4v) is 1.55. The summed E-state index contributed by atoms with van der Waals surface area (Å²) in [6, 6.07) is 4.84. The molecule has 0 saturated heterocycles. The van der Waals surface area contributed by atoms with Gasteiger partial charge in [0.15, 0.2) is 5.69 Å². The Hall–Kier alpha value is -1.72. The molecule has 2 N–H and O–H groups in total. The van der Waals surface area contributed by atoms with E-state index in [9.17, 15) is 0 Å². The van der Waals surface area contributed by atoms with Crippen LogP contribution in [0.4, 0.5) is 5.69 Å². The van der Waals surface area contributed by atoms with Crippen molar-refractivity contribution in [2.75, 3.05) is 12.8 Å². The fourth-order valence-electron chi connectivity index (χ4n) is 1.26. The lowest BCUT2D eigenvalue weighted by molar-refractivity contribution is 0.391. The van der Waals surface area contributed by atoms with E-state index in [-0.39, 0.29) is 17.4 Å². The summed E-state index contributed by atoms with van der Waals surface area (Å²) in [6.45, 7) is 0. The van der Waals surface area contributed by atoms with Crippen molar-refractivity contribution in [2.45, 2.75) is 0 Å². The molecule has 0 bridgehead atoms. The Kier molecular flexibility index (Phi) is 3.74. The molecule has 1 heterocycles. The normalized spacial score (nSPS) is 10.2. The Morgan fingerprint density at radius 2 is 1.83 bits per heavy atom. The highest BCUT2D eigenvalue weighted by Gasteiger charge is 2.11. The molecule has 0 radical (unpaired) electrons. The van der Waals surface area contributed by atoms with Gasteiger partial charge in [-0.3, -0.25) is 0 Å². The number of methoxy groups -OCH3 is 1. The van der Waals surface area contributed by atoms with E-state index in [4.69, 9.17) is 38.4 Å². The summed E-state index contributed by atoms with van der Waals surface area (Å²) in [4.78, 5) is 7.77. The van der Waals surface area contributed by atoms with Crippen LogP contribution in [0.15, 0.2) is 24.5 Å². The number of anilines is 1. The van der Waals surface area contributed by atoms with Crippen LogP contribution in [0.25, 0.3) is 0 Å². The Balaban J connectivity index is 2.31. The highest BCUT2D eigenvalue weighted by atomic mass is 35.5. The molecule has 2 rings (SSSR count). The van der Waals surface area contributed by atoms with Gasteiger partial charge in [0.1, 0.15) is 12.1 Å². The van der Waals surface area contributed by atoms with Gasteiger partial charge < -0.3 is 15.2 Å². The van der Waals surface area contributed by atoms with Gasteiger partial charge in [0.25, 0.3) is 0 Å². The molecule has 0 fully saturated rings. The van der Waals surface area contributed by atoms with Crippen molar-refractivity contribution in [3.05, 3.63) is 34.6 Å². The zero-order chi connectivity index (χ0) is 13.1. The first kappa shape index (κ1) is 12.7. The summed E-state index contributed by atoms with van der Waals surface area (Å²) in [5, 5.41) is 0.825. The van der Waals surface area contributed by atoms with Crippen LogP contribution in [0, 0.1) is 0 Å². The molecule has 1 aromatic carbocycles. The van der Waals surface area contributed by atoms with Gasteiger partial charge >= 0.3 is 0 Å². The van der Waals surface area contributed by atoms with Gasteiger partial charge in [-0.2, -0.15) is 9.97 Å². The lowest BCUT2D eigenvalue weighted by Gasteiger charge is -2.09. The van der Waals surface area contributed by atoms with Gasteiger partial charge in [-0.15, -0.1) is 0 Å². The third-order valence-corrected chi connectivity index (χ3v) is 2.85. The van der Waals surface area contributed by atoms with E-state index in [1.807, 2.05) is 0 Å². The van der Waals surface area contributed by atoms with Crippen LogP contribution in [0.5, 0.6) is 17.5 Å². The van der Waals surface area contributed by atoms with Crippen molar-refractivity contribution in [3.8, 4) is 17.5 Å². The summed E-state index contributed by atoms with van der Waals surface area (Å²) in [6.07, 6.45) is 1.29. The van der Waals surface area contributed by atoms with E-state index in [0.717, 1.165) is 0 Å². The van der Waals surface area contributed by atoms with Gasteiger partial charge in [0.05, 0.1) is 17.2 Å². The molecule has 0 aliphatic heterocycles. The van der Waals surface area contributed by atoms with Crippen LogP contribution in [-0.4, -0.2) is 17.1 Å². The van der Waals surface area contributed by atoms with E-state index < -0.39 is 0 Å². The Morgan fingerprint density at radius 1 is 1.11 bits per heavy atom. The van der Waals surface area contributed by atoms with Gasteiger partial charge in [-0.05, 0) is 12.1 Å². The van der Waals surface area contributed by atoms with E-state index in [0.29, 0.717) is 15.8 Å². The van der Waals surface area contributed by atoms with Crippen molar-refractivity contribution >= 4 is 28.9 Å². The molecule has 0 atom stereocenters. The average Bonchev–Trinajstić information content (AvgIpc) is 2.36. The van der Waals surface area contributed by atoms with Gasteiger partial charge in [-0.1, -0.05) is 23.2 Å².